The van der Waals surface area contributed by atoms with E-state index in [2.05, 4.69) is 0 Å². The van der Waals surface area contributed by atoms with Crippen LogP contribution in [0.25, 0.3) is 6.08 Å². The highest BCUT2D eigenvalue weighted by atomic mass is 16.3. The fourth-order valence-corrected chi connectivity index (χ4v) is 1.52. The molecule has 18 heavy (non-hydrogen) atoms. The van der Waals surface area contributed by atoms with Crippen molar-refractivity contribution < 1.29 is 15.0 Å². The molecule has 1 amide bonds. The molecule has 98 valence electrons. The lowest BCUT2D eigenvalue weighted by molar-refractivity contribution is -0.126. The highest BCUT2D eigenvalue weighted by Crippen LogP contribution is 2.05. The number of rotatable bonds is 6. The Kier molecular flexibility index (Phi) is 6.11. The topological polar surface area (TPSA) is 60.8 Å². The van der Waals surface area contributed by atoms with Gasteiger partial charge >= 0.3 is 0 Å². The first-order valence-corrected chi connectivity index (χ1v) is 5.92. The number of hydrogen-bond donors (Lipinski definition) is 2. The molecule has 0 heterocycles. The first kappa shape index (κ1) is 14.4. The van der Waals surface area contributed by atoms with Crippen LogP contribution in [0, 0.1) is 6.92 Å². The van der Waals surface area contributed by atoms with Crippen LogP contribution in [-0.4, -0.2) is 47.3 Å². The van der Waals surface area contributed by atoms with Gasteiger partial charge in [0.25, 0.3) is 0 Å². The maximum atomic E-state index is 11.8. The molecule has 0 bridgehead atoms. The van der Waals surface area contributed by atoms with E-state index < -0.39 is 0 Å². The summed E-state index contributed by atoms with van der Waals surface area (Å²) in [5, 5.41) is 17.7. The van der Waals surface area contributed by atoms with Crippen molar-refractivity contribution in [1.82, 2.24) is 4.90 Å². The molecule has 4 nitrogen and oxygen atoms in total. The Hall–Kier alpha value is -1.65. The van der Waals surface area contributed by atoms with Crippen LogP contribution in [0.2, 0.25) is 0 Å². The van der Waals surface area contributed by atoms with Gasteiger partial charge in [0.2, 0.25) is 5.91 Å². The molecule has 4 heteroatoms. The van der Waals surface area contributed by atoms with Gasteiger partial charge < -0.3 is 15.1 Å². The Bertz CT molecular complexity index is 392. The van der Waals surface area contributed by atoms with Gasteiger partial charge in [-0.05, 0) is 18.6 Å². The van der Waals surface area contributed by atoms with Crippen LogP contribution < -0.4 is 0 Å². The van der Waals surface area contributed by atoms with E-state index >= 15 is 0 Å². The van der Waals surface area contributed by atoms with Crippen LogP contribution in [0.4, 0.5) is 0 Å². The van der Waals surface area contributed by atoms with Gasteiger partial charge in [-0.3, -0.25) is 4.79 Å². The predicted molar refractivity (Wildman–Crippen MR) is 71.0 cm³/mol. The number of aliphatic hydroxyl groups is 2. The fourth-order valence-electron chi connectivity index (χ4n) is 1.52. The van der Waals surface area contributed by atoms with Gasteiger partial charge in [0.1, 0.15) is 0 Å². The molecule has 0 saturated heterocycles. The second kappa shape index (κ2) is 7.63. The summed E-state index contributed by atoms with van der Waals surface area (Å²) in [6.45, 7) is 2.26. The second-order valence-corrected chi connectivity index (χ2v) is 4.02. The molecule has 0 aliphatic carbocycles. The van der Waals surface area contributed by atoms with Gasteiger partial charge in [-0.1, -0.05) is 29.8 Å². The number of carbonyl (C=O) groups excluding carboxylic acids is 1. The zero-order valence-corrected chi connectivity index (χ0v) is 10.5. The Morgan fingerprint density at radius 1 is 1.17 bits per heavy atom. The lowest BCUT2D eigenvalue weighted by Gasteiger charge is -2.18. The van der Waals surface area contributed by atoms with Crippen LogP contribution >= 0.6 is 0 Å². The minimum atomic E-state index is -0.210. The molecular weight excluding hydrogens is 230 g/mol. The standard InChI is InChI=1S/C14H19NO3/c1-12-2-4-13(5-3-12)6-7-14(18)15(8-10-16)9-11-17/h2-7,16-17H,8-11H2,1H3/b7-6+. The maximum Gasteiger partial charge on any atom is 0.246 e. The second-order valence-electron chi connectivity index (χ2n) is 4.02. The molecule has 0 atom stereocenters. The van der Waals surface area contributed by atoms with Crippen LogP contribution in [0.3, 0.4) is 0 Å². The van der Waals surface area contributed by atoms with Crippen molar-refractivity contribution in [2.45, 2.75) is 6.92 Å². The van der Waals surface area contributed by atoms with Gasteiger partial charge in [-0.25, -0.2) is 0 Å². The van der Waals surface area contributed by atoms with E-state index in [0.717, 1.165) is 5.56 Å². The third-order valence-corrected chi connectivity index (χ3v) is 2.55. The van der Waals surface area contributed by atoms with Crippen molar-refractivity contribution in [1.29, 1.82) is 0 Å². The fraction of sp³-hybridized carbons (Fsp3) is 0.357. The Morgan fingerprint density at radius 3 is 2.22 bits per heavy atom. The lowest BCUT2D eigenvalue weighted by Crippen LogP contribution is -2.34. The van der Waals surface area contributed by atoms with E-state index in [1.165, 1.54) is 16.5 Å². The summed E-state index contributed by atoms with van der Waals surface area (Å²) in [6.07, 6.45) is 3.18. The SMILES string of the molecule is Cc1ccc(/C=C/C(=O)N(CCO)CCO)cc1. The zero-order chi connectivity index (χ0) is 13.4. The molecule has 0 radical (unpaired) electrons. The molecule has 1 rings (SSSR count). The average Bonchev–Trinajstić information content (AvgIpc) is 2.37. The van der Waals surface area contributed by atoms with Crippen molar-refractivity contribution in [3.8, 4) is 0 Å². The minimum Gasteiger partial charge on any atom is -0.395 e. The summed E-state index contributed by atoms with van der Waals surface area (Å²) in [5.74, 6) is -0.210. The molecule has 0 aliphatic heterocycles. The maximum absolute atomic E-state index is 11.8. The molecule has 0 aromatic heterocycles. The Balaban J connectivity index is 2.63. The Labute approximate surface area is 107 Å². The molecule has 0 unspecified atom stereocenters. The number of nitrogens with zero attached hydrogens (tertiary/aromatic N) is 1. The van der Waals surface area contributed by atoms with Crippen molar-refractivity contribution in [3.05, 3.63) is 41.5 Å². The Morgan fingerprint density at radius 2 is 1.72 bits per heavy atom. The van der Waals surface area contributed by atoms with E-state index in [1.54, 1.807) is 6.08 Å². The number of hydrogen-bond acceptors (Lipinski definition) is 3. The number of aliphatic hydroxyl groups excluding tert-OH is 2. The molecule has 1 aromatic carbocycles. The molecule has 0 aliphatic rings. The van der Waals surface area contributed by atoms with E-state index in [4.69, 9.17) is 10.2 Å². The minimum absolute atomic E-state index is 0.107. The first-order valence-electron chi connectivity index (χ1n) is 5.92. The summed E-state index contributed by atoms with van der Waals surface area (Å²) in [6, 6.07) is 7.82. The van der Waals surface area contributed by atoms with Crippen LogP contribution in [0.5, 0.6) is 0 Å². The summed E-state index contributed by atoms with van der Waals surface area (Å²) >= 11 is 0. The zero-order valence-electron chi connectivity index (χ0n) is 10.5. The number of aryl methyl sites for hydroxylation is 1. The van der Waals surface area contributed by atoms with E-state index in [0.29, 0.717) is 0 Å². The van der Waals surface area contributed by atoms with Gasteiger partial charge in [-0.2, -0.15) is 0 Å². The van der Waals surface area contributed by atoms with Gasteiger partial charge in [-0.15, -0.1) is 0 Å². The quantitative estimate of drug-likeness (QED) is 0.734. The van der Waals surface area contributed by atoms with Crippen molar-refractivity contribution in [3.63, 3.8) is 0 Å². The number of benzene rings is 1. The molecule has 2 N–H and O–H groups in total. The normalized spacial score (nSPS) is 10.8. The van der Waals surface area contributed by atoms with Crippen molar-refractivity contribution in [2.24, 2.45) is 0 Å². The number of amides is 1. The van der Waals surface area contributed by atoms with Gasteiger partial charge in [0.05, 0.1) is 13.2 Å². The van der Waals surface area contributed by atoms with E-state index in [9.17, 15) is 4.79 Å². The summed E-state index contributed by atoms with van der Waals surface area (Å²) in [5.41, 5.74) is 2.11. The predicted octanol–water partition coefficient (Wildman–Crippen LogP) is 0.821. The van der Waals surface area contributed by atoms with Crippen LogP contribution in [-0.2, 0) is 4.79 Å². The average molecular weight is 249 g/mol. The number of carbonyl (C=O) groups is 1. The third kappa shape index (κ3) is 4.69. The van der Waals surface area contributed by atoms with E-state index in [-0.39, 0.29) is 32.2 Å². The first-order chi connectivity index (χ1) is 8.67. The van der Waals surface area contributed by atoms with Gasteiger partial charge in [0, 0.05) is 19.2 Å². The molecular formula is C14H19NO3. The lowest BCUT2D eigenvalue weighted by atomic mass is 10.1. The summed E-state index contributed by atoms with van der Waals surface area (Å²) in [4.78, 5) is 13.2. The highest BCUT2D eigenvalue weighted by molar-refractivity contribution is 5.91. The monoisotopic (exact) mass is 249 g/mol. The highest BCUT2D eigenvalue weighted by Gasteiger charge is 2.08. The largest absolute Gasteiger partial charge is 0.395 e. The molecule has 0 fully saturated rings. The molecule has 1 aromatic rings. The van der Waals surface area contributed by atoms with Gasteiger partial charge in [0.15, 0.2) is 0 Å². The van der Waals surface area contributed by atoms with Crippen LogP contribution in [0.1, 0.15) is 11.1 Å². The van der Waals surface area contributed by atoms with Crippen molar-refractivity contribution >= 4 is 12.0 Å². The summed E-state index contributed by atoms with van der Waals surface area (Å²) in [7, 11) is 0. The molecule has 0 saturated carbocycles. The van der Waals surface area contributed by atoms with Crippen molar-refractivity contribution in [2.75, 3.05) is 26.3 Å². The van der Waals surface area contributed by atoms with Crippen LogP contribution in [0.15, 0.2) is 30.3 Å². The molecule has 0 spiro atoms. The van der Waals surface area contributed by atoms with E-state index in [1.807, 2.05) is 31.2 Å². The third-order valence-electron chi connectivity index (χ3n) is 2.55. The smallest absolute Gasteiger partial charge is 0.246 e. The summed E-state index contributed by atoms with van der Waals surface area (Å²) < 4.78 is 0.